The van der Waals surface area contributed by atoms with Gasteiger partial charge in [-0.25, -0.2) is 0 Å². The lowest BCUT2D eigenvalue weighted by Crippen LogP contribution is -2.09. The molecule has 0 unspecified atom stereocenters. The third kappa shape index (κ3) is 4.15. The van der Waals surface area contributed by atoms with Crippen LogP contribution in [0.1, 0.15) is 20.3 Å². The summed E-state index contributed by atoms with van der Waals surface area (Å²) in [6.45, 7) is 4.35. The molecule has 0 spiro atoms. The van der Waals surface area contributed by atoms with Crippen LogP contribution in [0, 0.1) is 5.92 Å². The average Bonchev–Trinajstić information content (AvgIpc) is 1.82. The lowest BCUT2D eigenvalue weighted by atomic mass is 10.1. The molecule has 0 N–H and O–H groups in total. The third-order valence-corrected chi connectivity index (χ3v) is 1.20. The maximum atomic E-state index is 10.8. The van der Waals surface area contributed by atoms with Crippen LogP contribution in [0.15, 0.2) is 0 Å². The first kappa shape index (κ1) is 8.63. The van der Waals surface area contributed by atoms with E-state index in [0.717, 1.165) is 0 Å². The zero-order chi connectivity index (χ0) is 7.28. The molecule has 0 heterocycles. The van der Waals surface area contributed by atoms with Crippen molar-refractivity contribution in [3.8, 4) is 0 Å². The van der Waals surface area contributed by atoms with E-state index in [1.54, 1.807) is 7.11 Å². The highest BCUT2D eigenvalue weighted by molar-refractivity contribution is 5.80. The van der Waals surface area contributed by atoms with Crippen molar-refractivity contribution in [3.05, 3.63) is 0 Å². The number of rotatable bonds is 4. The number of hydrogen-bond acceptors (Lipinski definition) is 2. The van der Waals surface area contributed by atoms with Gasteiger partial charge in [-0.2, -0.15) is 0 Å². The minimum atomic E-state index is 0.153. The molecule has 0 saturated carbocycles. The second kappa shape index (κ2) is 4.50. The number of hydrogen-bond donors (Lipinski definition) is 0. The molecule has 54 valence electrons. The van der Waals surface area contributed by atoms with Gasteiger partial charge < -0.3 is 4.74 Å². The van der Waals surface area contributed by atoms with Gasteiger partial charge in [0.05, 0.1) is 6.61 Å². The van der Waals surface area contributed by atoms with Crippen molar-refractivity contribution in [1.82, 2.24) is 0 Å². The Morgan fingerprint density at radius 3 is 2.44 bits per heavy atom. The zero-order valence-electron chi connectivity index (χ0n) is 6.31. The van der Waals surface area contributed by atoms with E-state index >= 15 is 0 Å². The molecule has 0 aromatic carbocycles. The van der Waals surface area contributed by atoms with E-state index < -0.39 is 0 Å². The van der Waals surface area contributed by atoms with E-state index in [9.17, 15) is 4.79 Å². The molecule has 0 amide bonds. The summed E-state index contributed by atoms with van der Waals surface area (Å²) in [5.41, 5.74) is 0. The fourth-order valence-electron chi connectivity index (χ4n) is 0.491. The second-order valence-electron chi connectivity index (χ2n) is 2.36. The van der Waals surface area contributed by atoms with Gasteiger partial charge in [-0.3, -0.25) is 4.79 Å². The van der Waals surface area contributed by atoms with E-state index in [2.05, 4.69) is 0 Å². The molecule has 2 nitrogen and oxygen atoms in total. The Morgan fingerprint density at radius 1 is 1.56 bits per heavy atom. The van der Waals surface area contributed by atoms with Gasteiger partial charge in [0.1, 0.15) is 5.78 Å². The number of ketones is 1. The summed E-state index contributed by atoms with van der Waals surface area (Å²) in [5.74, 6) is 0.428. The van der Waals surface area contributed by atoms with Crippen LogP contribution in [0.4, 0.5) is 0 Å². The van der Waals surface area contributed by atoms with E-state index in [-0.39, 0.29) is 11.7 Å². The number of Topliss-reactive ketones (excluding diaryl/α,β-unsaturated/α-hetero) is 1. The van der Waals surface area contributed by atoms with Crippen LogP contribution in [0.2, 0.25) is 0 Å². The number of methoxy groups -OCH3 is 1. The molecule has 0 saturated heterocycles. The van der Waals surface area contributed by atoms with Crippen molar-refractivity contribution in [1.29, 1.82) is 0 Å². The van der Waals surface area contributed by atoms with Crippen LogP contribution in [-0.2, 0) is 9.53 Å². The Bertz CT molecular complexity index is 86.9. The summed E-state index contributed by atoms with van der Waals surface area (Å²) >= 11 is 0. The van der Waals surface area contributed by atoms with E-state index in [1.807, 2.05) is 13.8 Å². The van der Waals surface area contributed by atoms with Crippen LogP contribution in [0.5, 0.6) is 0 Å². The Labute approximate surface area is 56.2 Å². The number of ether oxygens (including phenoxy) is 1. The van der Waals surface area contributed by atoms with Crippen LogP contribution in [-0.4, -0.2) is 19.5 Å². The molecule has 0 aliphatic carbocycles. The van der Waals surface area contributed by atoms with Crippen LogP contribution < -0.4 is 0 Å². The first-order chi connectivity index (χ1) is 4.18. The standard InChI is InChI=1S/C7H14O2/c1-6(2)7(8)4-5-9-3/h6H,4-5H2,1-3H3. The van der Waals surface area contributed by atoms with Gasteiger partial charge in [0.15, 0.2) is 0 Å². The van der Waals surface area contributed by atoms with Gasteiger partial charge in [0, 0.05) is 19.4 Å². The summed E-state index contributed by atoms with van der Waals surface area (Å²) in [7, 11) is 1.60. The van der Waals surface area contributed by atoms with Gasteiger partial charge in [-0.1, -0.05) is 13.8 Å². The summed E-state index contributed by atoms with van der Waals surface area (Å²) in [6, 6.07) is 0. The fraction of sp³-hybridized carbons (Fsp3) is 0.857. The Balaban J connectivity index is 3.28. The molecular weight excluding hydrogens is 116 g/mol. The van der Waals surface area contributed by atoms with Crippen LogP contribution in [0.3, 0.4) is 0 Å². The van der Waals surface area contributed by atoms with Crippen molar-refractivity contribution in [2.24, 2.45) is 5.92 Å². The van der Waals surface area contributed by atoms with Crippen LogP contribution >= 0.6 is 0 Å². The molecule has 0 aromatic rings. The van der Waals surface area contributed by atoms with Gasteiger partial charge >= 0.3 is 0 Å². The largest absolute Gasteiger partial charge is 0.384 e. The monoisotopic (exact) mass is 130 g/mol. The maximum absolute atomic E-state index is 10.8. The molecule has 2 heteroatoms. The number of carbonyl (C=O) groups excluding carboxylic acids is 1. The summed E-state index contributed by atoms with van der Waals surface area (Å²) in [4.78, 5) is 10.8. The molecular formula is C7H14O2. The SMILES string of the molecule is COCCC(=O)C(C)C. The van der Waals surface area contributed by atoms with E-state index in [0.29, 0.717) is 13.0 Å². The van der Waals surface area contributed by atoms with E-state index in [1.165, 1.54) is 0 Å². The minimum Gasteiger partial charge on any atom is -0.384 e. The smallest absolute Gasteiger partial charge is 0.137 e. The molecule has 0 bridgehead atoms. The molecule has 0 radical (unpaired) electrons. The molecule has 0 fully saturated rings. The van der Waals surface area contributed by atoms with Crippen molar-refractivity contribution < 1.29 is 9.53 Å². The lowest BCUT2D eigenvalue weighted by Gasteiger charge is -2.01. The fourth-order valence-corrected chi connectivity index (χ4v) is 0.491. The summed E-state index contributed by atoms with van der Waals surface area (Å²) < 4.78 is 4.74. The number of carbonyl (C=O) groups is 1. The normalized spacial score (nSPS) is 10.2. The Morgan fingerprint density at radius 2 is 2.11 bits per heavy atom. The van der Waals surface area contributed by atoms with Crippen molar-refractivity contribution in [2.75, 3.05) is 13.7 Å². The lowest BCUT2D eigenvalue weighted by molar-refractivity contribution is -0.122. The van der Waals surface area contributed by atoms with Crippen molar-refractivity contribution >= 4 is 5.78 Å². The highest BCUT2D eigenvalue weighted by Gasteiger charge is 2.04. The third-order valence-electron chi connectivity index (χ3n) is 1.20. The molecule has 0 atom stereocenters. The molecule has 9 heavy (non-hydrogen) atoms. The Hall–Kier alpha value is -0.370. The highest BCUT2D eigenvalue weighted by atomic mass is 16.5. The second-order valence-corrected chi connectivity index (χ2v) is 2.36. The molecule has 0 aromatic heterocycles. The molecule has 0 aliphatic heterocycles. The topological polar surface area (TPSA) is 26.3 Å². The predicted octanol–water partition coefficient (Wildman–Crippen LogP) is 1.25. The maximum Gasteiger partial charge on any atom is 0.137 e. The van der Waals surface area contributed by atoms with Crippen LogP contribution in [0.25, 0.3) is 0 Å². The minimum absolute atomic E-state index is 0.153. The van der Waals surface area contributed by atoms with Crippen molar-refractivity contribution in [2.45, 2.75) is 20.3 Å². The molecule has 0 aliphatic rings. The van der Waals surface area contributed by atoms with E-state index in [4.69, 9.17) is 4.74 Å². The van der Waals surface area contributed by atoms with Gasteiger partial charge in [0.2, 0.25) is 0 Å². The quantitative estimate of drug-likeness (QED) is 0.572. The molecule has 0 rings (SSSR count). The summed E-state index contributed by atoms with van der Waals surface area (Å²) in [6.07, 6.45) is 0.550. The zero-order valence-corrected chi connectivity index (χ0v) is 6.31. The first-order valence-corrected chi connectivity index (χ1v) is 3.20. The summed E-state index contributed by atoms with van der Waals surface area (Å²) in [5, 5.41) is 0. The van der Waals surface area contributed by atoms with Gasteiger partial charge in [0.25, 0.3) is 0 Å². The highest BCUT2D eigenvalue weighted by Crippen LogP contribution is 1.97. The predicted molar refractivity (Wildman–Crippen MR) is 36.3 cm³/mol. The van der Waals surface area contributed by atoms with Gasteiger partial charge in [-0.05, 0) is 0 Å². The Kier molecular flexibility index (Phi) is 4.32. The average molecular weight is 130 g/mol. The van der Waals surface area contributed by atoms with Crippen molar-refractivity contribution in [3.63, 3.8) is 0 Å². The first-order valence-electron chi connectivity index (χ1n) is 3.20. The van der Waals surface area contributed by atoms with Gasteiger partial charge in [-0.15, -0.1) is 0 Å².